The summed E-state index contributed by atoms with van der Waals surface area (Å²) in [7, 11) is 0. The van der Waals surface area contributed by atoms with Crippen LogP contribution in [0.2, 0.25) is 0 Å². The predicted octanol–water partition coefficient (Wildman–Crippen LogP) is 3.71. The fraction of sp³-hybridized carbons (Fsp3) is 0.455. The molecule has 2 aromatic carbocycles. The number of rotatable bonds is 6. The zero-order valence-corrected chi connectivity index (χ0v) is 16.2. The number of aromatic hydroxyl groups is 2. The average molecular weight is 370 g/mol. The fourth-order valence-electron chi connectivity index (χ4n) is 3.84. The van der Waals surface area contributed by atoms with E-state index >= 15 is 0 Å². The highest BCUT2D eigenvalue weighted by Gasteiger charge is 2.62. The number of epoxide rings is 2. The van der Waals surface area contributed by atoms with Gasteiger partial charge in [-0.1, -0.05) is 12.1 Å². The van der Waals surface area contributed by atoms with Crippen molar-refractivity contribution in [3.63, 3.8) is 0 Å². The van der Waals surface area contributed by atoms with Crippen molar-refractivity contribution in [2.24, 2.45) is 0 Å². The molecule has 2 heterocycles. The number of ether oxygens (including phenoxy) is 3. The summed E-state index contributed by atoms with van der Waals surface area (Å²) in [4.78, 5) is 0. The van der Waals surface area contributed by atoms with Crippen molar-refractivity contribution in [2.45, 2.75) is 45.5 Å². The molecule has 2 aromatic rings. The second kappa shape index (κ2) is 6.51. The Morgan fingerprint density at radius 1 is 1.00 bits per heavy atom. The van der Waals surface area contributed by atoms with Gasteiger partial charge in [-0.2, -0.15) is 0 Å². The minimum absolute atomic E-state index is 0.153. The largest absolute Gasteiger partial charge is 0.508 e. The molecule has 27 heavy (non-hydrogen) atoms. The predicted molar refractivity (Wildman–Crippen MR) is 101 cm³/mol. The van der Waals surface area contributed by atoms with Crippen LogP contribution in [0.1, 0.15) is 39.5 Å². The van der Waals surface area contributed by atoms with E-state index in [0.29, 0.717) is 13.2 Å². The van der Waals surface area contributed by atoms with Crippen LogP contribution in [0.3, 0.4) is 0 Å². The quantitative estimate of drug-likeness (QED) is 0.758. The summed E-state index contributed by atoms with van der Waals surface area (Å²) in [5.74, 6) is 0.400. The highest BCUT2D eigenvalue weighted by molar-refractivity contribution is 5.55. The summed E-state index contributed by atoms with van der Waals surface area (Å²) in [5, 5.41) is 21.2. The smallest absolute Gasteiger partial charge is 0.151 e. The molecule has 144 valence electrons. The highest BCUT2D eigenvalue weighted by atomic mass is 16.6. The Bertz CT molecular complexity index is 887. The maximum absolute atomic E-state index is 10.6. The van der Waals surface area contributed by atoms with Crippen molar-refractivity contribution in [2.75, 3.05) is 19.8 Å². The molecular weight excluding hydrogens is 344 g/mol. The van der Waals surface area contributed by atoms with E-state index in [1.54, 1.807) is 12.1 Å². The van der Waals surface area contributed by atoms with Crippen LogP contribution >= 0.6 is 0 Å². The number of hydrogen-bond donors (Lipinski definition) is 2. The molecule has 2 aliphatic heterocycles. The van der Waals surface area contributed by atoms with Crippen LogP contribution in [0, 0.1) is 27.7 Å². The van der Waals surface area contributed by atoms with Crippen LogP contribution in [0.5, 0.6) is 11.5 Å². The molecule has 0 spiro atoms. The van der Waals surface area contributed by atoms with Gasteiger partial charge in [0.1, 0.15) is 23.7 Å². The number of hydrogen-bond acceptors (Lipinski definition) is 5. The topological polar surface area (TPSA) is 74.8 Å². The zero-order chi connectivity index (χ0) is 19.3. The molecular formula is C22H26O5. The number of phenols is 2. The molecule has 4 rings (SSSR count). The van der Waals surface area contributed by atoms with Crippen LogP contribution in [-0.2, 0) is 19.8 Å². The van der Waals surface area contributed by atoms with Crippen molar-refractivity contribution in [3.8, 4) is 11.5 Å². The van der Waals surface area contributed by atoms with Crippen LogP contribution < -0.4 is 0 Å². The first kappa shape index (κ1) is 18.3. The van der Waals surface area contributed by atoms with Gasteiger partial charge >= 0.3 is 0 Å². The molecule has 0 aromatic heterocycles. The standard InChI is InChI=1S/C22H26O5/c1-12-5-7-17(23)19(14(12)3)21-22(27-21,11-25-9-16-10-26-16)20-15(4)13(2)6-8-18(20)24/h5-8,16,21,23-24H,9-11H2,1-4H3. The van der Waals surface area contributed by atoms with Gasteiger partial charge in [-0.05, 0) is 62.1 Å². The Morgan fingerprint density at radius 2 is 1.63 bits per heavy atom. The van der Waals surface area contributed by atoms with Crippen molar-refractivity contribution in [1.29, 1.82) is 0 Å². The third kappa shape index (κ3) is 3.10. The molecule has 2 saturated heterocycles. The first-order valence-corrected chi connectivity index (χ1v) is 9.31. The van der Waals surface area contributed by atoms with E-state index in [1.807, 2.05) is 39.8 Å². The fourth-order valence-corrected chi connectivity index (χ4v) is 3.84. The van der Waals surface area contributed by atoms with Gasteiger partial charge in [0, 0.05) is 11.1 Å². The second-order valence-electron chi connectivity index (χ2n) is 7.70. The Kier molecular flexibility index (Phi) is 4.41. The first-order chi connectivity index (χ1) is 12.8. The van der Waals surface area contributed by atoms with E-state index in [1.165, 1.54) is 0 Å². The Balaban J connectivity index is 1.76. The first-order valence-electron chi connectivity index (χ1n) is 9.31. The third-order valence-corrected chi connectivity index (χ3v) is 5.88. The molecule has 0 radical (unpaired) electrons. The summed E-state index contributed by atoms with van der Waals surface area (Å²) in [6.07, 6.45) is -0.218. The Morgan fingerprint density at radius 3 is 2.30 bits per heavy atom. The van der Waals surface area contributed by atoms with E-state index in [2.05, 4.69) is 0 Å². The normalized spacial score (nSPS) is 26.2. The Labute approximate surface area is 159 Å². The SMILES string of the molecule is Cc1ccc(O)c(C2OC2(COCC2CO2)c2c(O)ccc(C)c2C)c1C. The number of phenolic OH excluding ortho intramolecular Hbond substituents is 2. The third-order valence-electron chi connectivity index (χ3n) is 5.88. The van der Waals surface area contributed by atoms with E-state index in [9.17, 15) is 10.2 Å². The summed E-state index contributed by atoms with van der Waals surface area (Å²) >= 11 is 0. The van der Waals surface area contributed by atoms with Gasteiger partial charge in [-0.25, -0.2) is 0 Å². The van der Waals surface area contributed by atoms with Crippen LogP contribution in [0.15, 0.2) is 24.3 Å². The summed E-state index contributed by atoms with van der Waals surface area (Å²) in [6, 6.07) is 7.19. The average Bonchev–Trinajstić information content (AvgIpc) is 3.54. The van der Waals surface area contributed by atoms with E-state index in [4.69, 9.17) is 14.2 Å². The summed E-state index contributed by atoms with van der Waals surface area (Å²) in [6.45, 7) is 9.51. The van der Waals surface area contributed by atoms with Gasteiger partial charge < -0.3 is 24.4 Å². The van der Waals surface area contributed by atoms with Crippen molar-refractivity contribution in [3.05, 3.63) is 57.6 Å². The van der Waals surface area contributed by atoms with Crippen molar-refractivity contribution in [1.82, 2.24) is 0 Å². The van der Waals surface area contributed by atoms with Gasteiger partial charge in [0.15, 0.2) is 5.60 Å². The molecule has 5 nitrogen and oxygen atoms in total. The molecule has 3 unspecified atom stereocenters. The van der Waals surface area contributed by atoms with Crippen LogP contribution in [-0.4, -0.2) is 36.1 Å². The zero-order valence-electron chi connectivity index (χ0n) is 16.2. The summed E-state index contributed by atoms with van der Waals surface area (Å²) in [5.41, 5.74) is 4.83. The van der Waals surface area contributed by atoms with E-state index in [-0.39, 0.29) is 23.7 Å². The maximum atomic E-state index is 10.6. The molecule has 0 amide bonds. The lowest BCUT2D eigenvalue weighted by atomic mass is 9.85. The Hall–Kier alpha value is -2.08. The van der Waals surface area contributed by atoms with E-state index < -0.39 is 5.60 Å². The second-order valence-corrected chi connectivity index (χ2v) is 7.70. The van der Waals surface area contributed by atoms with Crippen molar-refractivity contribution < 1.29 is 24.4 Å². The van der Waals surface area contributed by atoms with Crippen LogP contribution in [0.4, 0.5) is 0 Å². The van der Waals surface area contributed by atoms with Gasteiger partial charge in [0.2, 0.25) is 0 Å². The molecule has 2 N–H and O–H groups in total. The molecule has 2 fully saturated rings. The lowest BCUT2D eigenvalue weighted by molar-refractivity contribution is 0.0660. The lowest BCUT2D eigenvalue weighted by Gasteiger charge is -2.20. The van der Waals surface area contributed by atoms with Gasteiger partial charge in [-0.15, -0.1) is 0 Å². The minimum Gasteiger partial charge on any atom is -0.508 e. The van der Waals surface area contributed by atoms with Gasteiger partial charge in [0.25, 0.3) is 0 Å². The lowest BCUT2D eigenvalue weighted by Crippen LogP contribution is -2.22. The molecule has 0 saturated carbocycles. The molecule has 0 aliphatic carbocycles. The minimum atomic E-state index is -0.814. The molecule has 2 aliphatic rings. The van der Waals surface area contributed by atoms with Crippen molar-refractivity contribution >= 4 is 0 Å². The maximum Gasteiger partial charge on any atom is 0.151 e. The molecule has 5 heteroatoms. The monoisotopic (exact) mass is 370 g/mol. The number of benzene rings is 2. The molecule has 3 atom stereocenters. The highest BCUT2D eigenvalue weighted by Crippen LogP contribution is 2.62. The van der Waals surface area contributed by atoms with E-state index in [0.717, 1.165) is 40.0 Å². The van der Waals surface area contributed by atoms with Gasteiger partial charge in [-0.3, -0.25) is 0 Å². The van der Waals surface area contributed by atoms with Crippen LogP contribution in [0.25, 0.3) is 0 Å². The molecule has 0 bridgehead atoms. The van der Waals surface area contributed by atoms with Gasteiger partial charge in [0.05, 0.1) is 19.8 Å². The summed E-state index contributed by atoms with van der Waals surface area (Å²) < 4.78 is 17.4. The number of aryl methyl sites for hydroxylation is 2.